The Morgan fingerprint density at radius 1 is 1.09 bits per heavy atom. The van der Waals surface area contributed by atoms with E-state index in [4.69, 9.17) is 14.7 Å². The van der Waals surface area contributed by atoms with Gasteiger partial charge in [-0.2, -0.15) is 0 Å². The van der Waals surface area contributed by atoms with Crippen molar-refractivity contribution in [1.29, 1.82) is 0 Å². The van der Waals surface area contributed by atoms with Gasteiger partial charge in [0.25, 0.3) is 5.56 Å². The van der Waals surface area contributed by atoms with Gasteiger partial charge in [-0.25, -0.2) is 9.97 Å². The number of anilines is 1. The number of hydrogen-bond acceptors (Lipinski definition) is 5. The molecule has 3 aromatic heterocycles. The zero-order valence-electron chi connectivity index (χ0n) is 18.5. The molecule has 0 N–H and O–H groups in total. The third-order valence-electron chi connectivity index (χ3n) is 6.00. The van der Waals surface area contributed by atoms with Crippen LogP contribution in [0.25, 0.3) is 22.4 Å². The van der Waals surface area contributed by atoms with Crippen molar-refractivity contribution in [1.82, 2.24) is 19.1 Å². The maximum Gasteiger partial charge on any atom is 0.253 e. The second-order valence-corrected chi connectivity index (χ2v) is 8.14. The molecule has 164 valence electrons. The Morgan fingerprint density at radius 2 is 1.88 bits per heavy atom. The first-order valence-electron chi connectivity index (χ1n) is 11.1. The number of pyridine rings is 2. The molecule has 7 heteroatoms. The van der Waals surface area contributed by atoms with Crippen LogP contribution in [0.1, 0.15) is 18.1 Å². The summed E-state index contributed by atoms with van der Waals surface area (Å²) in [5.74, 6) is 1.78. The fourth-order valence-electron chi connectivity index (χ4n) is 4.27. The topological polar surface area (TPSA) is 65.2 Å². The van der Waals surface area contributed by atoms with Crippen molar-refractivity contribution < 1.29 is 4.74 Å². The van der Waals surface area contributed by atoms with Gasteiger partial charge in [-0.3, -0.25) is 4.79 Å². The monoisotopic (exact) mass is 429 g/mol. The lowest BCUT2D eigenvalue weighted by atomic mass is 10.2. The second-order valence-electron chi connectivity index (χ2n) is 8.14. The van der Waals surface area contributed by atoms with Crippen LogP contribution in [0.2, 0.25) is 0 Å². The number of rotatable bonds is 5. The quantitative estimate of drug-likeness (QED) is 0.486. The summed E-state index contributed by atoms with van der Waals surface area (Å²) in [7, 11) is 0. The molecule has 4 heterocycles. The van der Waals surface area contributed by atoms with Crippen molar-refractivity contribution >= 4 is 16.9 Å². The highest BCUT2D eigenvalue weighted by molar-refractivity contribution is 5.82. The number of imidazole rings is 1. The lowest BCUT2D eigenvalue weighted by molar-refractivity contribution is 0.122. The average Bonchev–Trinajstić information content (AvgIpc) is 3.19. The summed E-state index contributed by atoms with van der Waals surface area (Å²) in [6.07, 6.45) is 3.77. The van der Waals surface area contributed by atoms with Crippen molar-refractivity contribution in [2.24, 2.45) is 0 Å². The third kappa shape index (κ3) is 3.80. The van der Waals surface area contributed by atoms with Crippen LogP contribution in [0.4, 0.5) is 5.82 Å². The maximum absolute atomic E-state index is 12.5. The van der Waals surface area contributed by atoms with Crippen molar-refractivity contribution in [3.8, 4) is 11.4 Å². The van der Waals surface area contributed by atoms with E-state index in [-0.39, 0.29) is 5.56 Å². The molecule has 0 radical (unpaired) electrons. The average molecular weight is 430 g/mol. The molecule has 0 spiro atoms. The molecule has 7 nitrogen and oxygen atoms in total. The minimum absolute atomic E-state index is 0.0400. The predicted octanol–water partition coefficient (Wildman–Crippen LogP) is 3.47. The summed E-state index contributed by atoms with van der Waals surface area (Å²) < 4.78 is 9.48. The van der Waals surface area contributed by atoms with E-state index in [1.165, 1.54) is 5.56 Å². The molecule has 0 amide bonds. The highest BCUT2D eigenvalue weighted by Gasteiger charge is 2.19. The Hall–Kier alpha value is -3.45. The third-order valence-corrected chi connectivity index (χ3v) is 6.00. The summed E-state index contributed by atoms with van der Waals surface area (Å²) in [6.45, 7) is 8.24. The number of benzene rings is 1. The smallest absolute Gasteiger partial charge is 0.253 e. The lowest BCUT2D eigenvalue weighted by Gasteiger charge is -2.27. The highest BCUT2D eigenvalue weighted by Crippen LogP contribution is 2.28. The molecule has 1 aromatic carbocycles. The standard InChI is InChI=1S/C25H27N5O2/c1-3-28-17-20(13-18(2)25(28)31)24-27-21-15-26-23(29-9-11-32-12-10-29)14-22(21)30(24)16-19-7-5-4-6-8-19/h4-8,13-15,17H,3,9-12,16H2,1-2H3. The minimum Gasteiger partial charge on any atom is -0.378 e. The van der Waals surface area contributed by atoms with E-state index in [0.29, 0.717) is 26.3 Å². The molecule has 4 aromatic rings. The van der Waals surface area contributed by atoms with E-state index >= 15 is 0 Å². The predicted molar refractivity (Wildman–Crippen MR) is 126 cm³/mol. The maximum atomic E-state index is 12.5. The van der Waals surface area contributed by atoms with Gasteiger partial charge in [-0.15, -0.1) is 0 Å². The van der Waals surface area contributed by atoms with Crippen LogP contribution in [0.3, 0.4) is 0 Å². The number of hydrogen-bond donors (Lipinski definition) is 0. The molecule has 0 saturated carbocycles. The first-order valence-corrected chi connectivity index (χ1v) is 11.1. The molecule has 1 fully saturated rings. The van der Waals surface area contributed by atoms with Crippen molar-refractivity contribution in [3.63, 3.8) is 0 Å². The zero-order chi connectivity index (χ0) is 22.1. The molecule has 0 bridgehead atoms. The fourth-order valence-corrected chi connectivity index (χ4v) is 4.27. The summed E-state index contributed by atoms with van der Waals surface area (Å²) in [6, 6.07) is 14.4. The van der Waals surface area contributed by atoms with Crippen LogP contribution < -0.4 is 10.5 Å². The van der Waals surface area contributed by atoms with E-state index in [9.17, 15) is 4.79 Å². The summed E-state index contributed by atoms with van der Waals surface area (Å²) in [5, 5.41) is 0. The van der Waals surface area contributed by atoms with Crippen molar-refractivity contribution in [2.75, 3.05) is 31.2 Å². The molecule has 1 saturated heterocycles. The number of morpholine rings is 1. The van der Waals surface area contributed by atoms with Gasteiger partial charge in [0.05, 0.1) is 24.9 Å². The number of aromatic nitrogens is 4. The fraction of sp³-hybridized carbons (Fsp3) is 0.320. The van der Waals surface area contributed by atoms with Gasteiger partial charge in [0.2, 0.25) is 0 Å². The van der Waals surface area contributed by atoms with Crippen LogP contribution in [-0.4, -0.2) is 45.4 Å². The number of ether oxygens (including phenoxy) is 1. The Kier molecular flexibility index (Phi) is 5.49. The minimum atomic E-state index is 0.0400. The first kappa shape index (κ1) is 20.5. The number of aryl methyl sites for hydroxylation is 2. The summed E-state index contributed by atoms with van der Waals surface area (Å²) >= 11 is 0. The Balaban J connectivity index is 1.68. The van der Waals surface area contributed by atoms with Gasteiger partial charge in [-0.1, -0.05) is 30.3 Å². The van der Waals surface area contributed by atoms with Gasteiger partial charge in [0.1, 0.15) is 17.2 Å². The molecule has 1 aliphatic rings. The van der Waals surface area contributed by atoms with Gasteiger partial charge in [0.15, 0.2) is 0 Å². The normalized spacial score (nSPS) is 14.2. The van der Waals surface area contributed by atoms with Crippen LogP contribution in [-0.2, 0) is 17.8 Å². The largest absolute Gasteiger partial charge is 0.378 e. The number of nitrogens with zero attached hydrogens (tertiary/aromatic N) is 5. The van der Waals surface area contributed by atoms with E-state index in [1.807, 2.05) is 38.4 Å². The molecule has 0 aliphatic carbocycles. The Morgan fingerprint density at radius 3 is 2.62 bits per heavy atom. The summed E-state index contributed by atoms with van der Waals surface area (Å²) in [5.41, 5.74) is 4.77. The van der Waals surface area contributed by atoms with E-state index in [0.717, 1.165) is 46.9 Å². The van der Waals surface area contributed by atoms with Crippen molar-refractivity contribution in [3.05, 3.63) is 76.3 Å². The number of fused-ring (bicyclic) bond motifs is 1. The molecule has 0 atom stereocenters. The van der Waals surface area contributed by atoms with E-state index in [1.54, 1.807) is 4.57 Å². The Labute approximate surface area is 186 Å². The SMILES string of the molecule is CCn1cc(-c2nc3cnc(N4CCOCC4)cc3n2Cc2ccccc2)cc(C)c1=O. The highest BCUT2D eigenvalue weighted by atomic mass is 16.5. The first-order chi connectivity index (χ1) is 15.6. The Bertz CT molecular complexity index is 1300. The second kappa shape index (κ2) is 8.59. The van der Waals surface area contributed by atoms with Gasteiger partial charge in [-0.05, 0) is 25.5 Å². The van der Waals surface area contributed by atoms with Gasteiger partial charge < -0.3 is 18.8 Å². The van der Waals surface area contributed by atoms with Crippen LogP contribution in [0.15, 0.2) is 59.7 Å². The van der Waals surface area contributed by atoms with E-state index in [2.05, 4.69) is 39.8 Å². The van der Waals surface area contributed by atoms with Crippen LogP contribution in [0, 0.1) is 6.92 Å². The molecule has 1 aliphatic heterocycles. The van der Waals surface area contributed by atoms with Crippen LogP contribution >= 0.6 is 0 Å². The lowest BCUT2D eigenvalue weighted by Crippen LogP contribution is -2.36. The molecule has 32 heavy (non-hydrogen) atoms. The zero-order valence-corrected chi connectivity index (χ0v) is 18.5. The van der Waals surface area contributed by atoms with Crippen molar-refractivity contribution in [2.45, 2.75) is 26.9 Å². The molecule has 0 unspecified atom stereocenters. The van der Waals surface area contributed by atoms with Gasteiger partial charge in [0, 0.05) is 49.6 Å². The van der Waals surface area contributed by atoms with Gasteiger partial charge >= 0.3 is 0 Å². The molecule has 5 rings (SSSR count). The summed E-state index contributed by atoms with van der Waals surface area (Å²) in [4.78, 5) is 24.4. The molecular weight excluding hydrogens is 402 g/mol. The van der Waals surface area contributed by atoms with E-state index < -0.39 is 0 Å². The van der Waals surface area contributed by atoms with Crippen LogP contribution in [0.5, 0.6) is 0 Å². The molecular formula is C25H27N5O2.